The van der Waals surface area contributed by atoms with E-state index in [4.69, 9.17) is 4.74 Å². The van der Waals surface area contributed by atoms with Gasteiger partial charge in [-0.25, -0.2) is 0 Å². The number of allylic oxidation sites excluding steroid dienone is 4. The van der Waals surface area contributed by atoms with Gasteiger partial charge in [-0.2, -0.15) is 0 Å². The molecule has 1 aliphatic rings. The van der Waals surface area contributed by atoms with Crippen LogP contribution in [-0.4, -0.2) is 12.9 Å². The molecule has 0 N–H and O–H groups in total. The molecule has 0 aromatic rings. The predicted octanol–water partition coefficient (Wildman–Crippen LogP) is 1.99. The van der Waals surface area contributed by atoms with Gasteiger partial charge in [0.15, 0.2) is 0 Å². The third-order valence-corrected chi connectivity index (χ3v) is 1.69. The van der Waals surface area contributed by atoms with Crippen molar-refractivity contribution in [2.24, 2.45) is 0 Å². The van der Waals surface area contributed by atoms with Crippen LogP contribution < -0.4 is 0 Å². The van der Waals surface area contributed by atoms with Gasteiger partial charge in [0.2, 0.25) is 0 Å². The Balaban J connectivity index is 2.68. The molecule has 1 fully saturated rings. The first kappa shape index (κ1) is 8.78. The molecule has 0 amide bonds. The summed E-state index contributed by atoms with van der Waals surface area (Å²) in [6.45, 7) is 6.29. The lowest BCUT2D eigenvalue weighted by molar-refractivity contribution is -0.104. The second-order valence-electron chi connectivity index (χ2n) is 2.76. The Morgan fingerprint density at radius 1 is 1.67 bits per heavy atom. The fourth-order valence-corrected chi connectivity index (χ4v) is 0.922. The van der Waals surface area contributed by atoms with E-state index < -0.39 is 0 Å². The Kier molecular flexibility index (Phi) is 2.86. The molecular formula is C10H12O2. The highest BCUT2D eigenvalue weighted by atomic mass is 16.5. The Bertz CT molecular complexity index is 259. The molecule has 1 rings (SSSR count). The fraction of sp³-hybridized carbons (Fsp3) is 0.300. The van der Waals surface area contributed by atoms with Gasteiger partial charge in [-0.1, -0.05) is 12.7 Å². The van der Waals surface area contributed by atoms with Crippen LogP contribution in [0.4, 0.5) is 0 Å². The average molecular weight is 164 g/mol. The highest BCUT2D eigenvalue weighted by Crippen LogP contribution is 2.21. The van der Waals surface area contributed by atoms with Gasteiger partial charge >= 0.3 is 0 Å². The lowest BCUT2D eigenvalue weighted by Crippen LogP contribution is -1.80. The van der Waals surface area contributed by atoms with Gasteiger partial charge in [-0.15, -0.1) is 0 Å². The average Bonchev–Trinajstić information content (AvgIpc) is 2.47. The maximum absolute atomic E-state index is 10.2. The van der Waals surface area contributed by atoms with Crippen molar-refractivity contribution in [3.8, 4) is 0 Å². The zero-order valence-electron chi connectivity index (χ0n) is 7.17. The molecule has 0 unspecified atom stereocenters. The molecule has 0 spiro atoms. The Labute approximate surface area is 72.2 Å². The van der Waals surface area contributed by atoms with E-state index in [1.165, 1.54) is 0 Å². The van der Waals surface area contributed by atoms with Crippen LogP contribution in [0.2, 0.25) is 0 Å². The lowest BCUT2D eigenvalue weighted by atomic mass is 10.2. The van der Waals surface area contributed by atoms with Crippen molar-refractivity contribution < 1.29 is 9.53 Å². The highest BCUT2D eigenvalue weighted by Gasteiger charge is 2.10. The summed E-state index contributed by atoms with van der Waals surface area (Å²) in [5.41, 5.74) is 1.69. The highest BCUT2D eigenvalue weighted by molar-refractivity contribution is 5.72. The molecule has 0 bridgehead atoms. The molecule has 1 heterocycles. The third kappa shape index (κ3) is 2.09. The molecule has 2 nitrogen and oxygen atoms in total. The second-order valence-corrected chi connectivity index (χ2v) is 2.76. The molecule has 1 aliphatic heterocycles. The van der Waals surface area contributed by atoms with E-state index in [1.807, 2.05) is 0 Å². The SMILES string of the molecule is C=C1CCO/C1=C/C=C(\C)C=O. The van der Waals surface area contributed by atoms with E-state index in [2.05, 4.69) is 6.58 Å². The molecule has 1 saturated heterocycles. The molecule has 0 aromatic carbocycles. The normalized spacial score (nSPS) is 21.2. The quantitative estimate of drug-likeness (QED) is 0.461. The molecule has 0 aliphatic carbocycles. The minimum absolute atomic E-state index is 0.686. The van der Waals surface area contributed by atoms with Crippen LogP contribution in [-0.2, 0) is 9.53 Å². The second kappa shape index (κ2) is 3.90. The molecule has 64 valence electrons. The molecule has 12 heavy (non-hydrogen) atoms. The smallest absolute Gasteiger partial charge is 0.145 e. The van der Waals surface area contributed by atoms with Gasteiger partial charge in [-0.3, -0.25) is 4.79 Å². The number of ether oxygens (including phenoxy) is 1. The van der Waals surface area contributed by atoms with Crippen LogP contribution in [0.25, 0.3) is 0 Å². The Morgan fingerprint density at radius 3 is 2.92 bits per heavy atom. The summed E-state index contributed by atoms with van der Waals surface area (Å²) < 4.78 is 5.26. The molecule has 0 aromatic heterocycles. The van der Waals surface area contributed by atoms with E-state index in [9.17, 15) is 4.79 Å². The van der Waals surface area contributed by atoms with Crippen LogP contribution in [0.15, 0.2) is 35.6 Å². The third-order valence-electron chi connectivity index (χ3n) is 1.69. The summed E-state index contributed by atoms with van der Waals surface area (Å²) in [5, 5.41) is 0. The number of carbonyl (C=O) groups is 1. The van der Waals surface area contributed by atoms with Crippen LogP contribution in [0.3, 0.4) is 0 Å². The molecule has 0 saturated carbocycles. The van der Waals surface area contributed by atoms with Crippen LogP contribution in [0, 0.1) is 0 Å². The number of aldehydes is 1. The van der Waals surface area contributed by atoms with Gasteiger partial charge in [0.1, 0.15) is 12.0 Å². The lowest BCUT2D eigenvalue weighted by Gasteiger charge is -1.95. The summed E-state index contributed by atoms with van der Waals surface area (Å²) in [6, 6.07) is 0. The van der Waals surface area contributed by atoms with Crippen molar-refractivity contribution in [1.29, 1.82) is 0 Å². The first-order chi connectivity index (χ1) is 5.74. The minimum atomic E-state index is 0.686. The van der Waals surface area contributed by atoms with Gasteiger partial charge in [0, 0.05) is 6.42 Å². The first-order valence-electron chi connectivity index (χ1n) is 3.88. The van der Waals surface area contributed by atoms with Gasteiger partial charge < -0.3 is 4.74 Å². The number of hydrogen-bond acceptors (Lipinski definition) is 2. The van der Waals surface area contributed by atoms with Crippen molar-refractivity contribution in [3.63, 3.8) is 0 Å². The number of hydrogen-bond donors (Lipinski definition) is 0. The summed E-state index contributed by atoms with van der Waals surface area (Å²) >= 11 is 0. The molecular weight excluding hydrogens is 152 g/mol. The number of rotatable bonds is 2. The fourth-order valence-electron chi connectivity index (χ4n) is 0.922. The predicted molar refractivity (Wildman–Crippen MR) is 47.6 cm³/mol. The zero-order chi connectivity index (χ0) is 8.97. The maximum Gasteiger partial charge on any atom is 0.145 e. The molecule has 0 radical (unpaired) electrons. The Morgan fingerprint density at radius 2 is 2.42 bits per heavy atom. The van der Waals surface area contributed by atoms with E-state index >= 15 is 0 Å². The Hall–Kier alpha value is -1.31. The van der Waals surface area contributed by atoms with E-state index in [-0.39, 0.29) is 0 Å². The van der Waals surface area contributed by atoms with Crippen molar-refractivity contribution in [2.75, 3.05) is 6.61 Å². The molecule has 2 heteroatoms. The van der Waals surface area contributed by atoms with E-state index in [1.54, 1.807) is 19.1 Å². The zero-order valence-corrected chi connectivity index (χ0v) is 7.17. The topological polar surface area (TPSA) is 26.3 Å². The minimum Gasteiger partial charge on any atom is -0.493 e. The number of carbonyl (C=O) groups excluding carboxylic acids is 1. The summed E-state index contributed by atoms with van der Waals surface area (Å²) in [6.07, 6.45) is 5.23. The van der Waals surface area contributed by atoms with E-state index in [0.717, 1.165) is 24.0 Å². The van der Waals surface area contributed by atoms with Gasteiger partial charge in [0.25, 0.3) is 0 Å². The maximum atomic E-state index is 10.2. The summed E-state index contributed by atoms with van der Waals surface area (Å²) in [7, 11) is 0. The van der Waals surface area contributed by atoms with Crippen LogP contribution >= 0.6 is 0 Å². The summed E-state index contributed by atoms with van der Waals surface area (Å²) in [4.78, 5) is 10.2. The largest absolute Gasteiger partial charge is 0.493 e. The van der Waals surface area contributed by atoms with E-state index in [0.29, 0.717) is 12.2 Å². The monoisotopic (exact) mass is 164 g/mol. The standard InChI is InChI=1S/C10H12O2/c1-8(7-11)3-4-10-9(2)5-6-12-10/h3-4,7H,2,5-6H2,1H3/b8-3+,10-4+. The molecule has 0 atom stereocenters. The first-order valence-corrected chi connectivity index (χ1v) is 3.88. The van der Waals surface area contributed by atoms with Gasteiger partial charge in [-0.05, 0) is 24.1 Å². The summed E-state index contributed by atoms with van der Waals surface area (Å²) in [5.74, 6) is 0.802. The van der Waals surface area contributed by atoms with Gasteiger partial charge in [0.05, 0.1) is 6.61 Å². The van der Waals surface area contributed by atoms with Crippen molar-refractivity contribution >= 4 is 6.29 Å². The van der Waals surface area contributed by atoms with Crippen molar-refractivity contribution in [2.45, 2.75) is 13.3 Å². The van der Waals surface area contributed by atoms with Crippen LogP contribution in [0.5, 0.6) is 0 Å². The van der Waals surface area contributed by atoms with Crippen molar-refractivity contribution in [3.05, 3.63) is 35.6 Å². The van der Waals surface area contributed by atoms with Crippen LogP contribution in [0.1, 0.15) is 13.3 Å². The van der Waals surface area contributed by atoms with Crippen molar-refractivity contribution in [1.82, 2.24) is 0 Å².